The molecule has 1 heterocycles. The molecule has 0 aliphatic carbocycles. The van der Waals surface area contributed by atoms with Gasteiger partial charge in [0.1, 0.15) is 0 Å². The predicted molar refractivity (Wildman–Crippen MR) is 80.1 cm³/mol. The maximum atomic E-state index is 4.45. The van der Waals surface area contributed by atoms with Crippen molar-refractivity contribution in [1.29, 1.82) is 0 Å². The molecular weight excluding hydrogens is 232 g/mol. The van der Waals surface area contributed by atoms with Gasteiger partial charge in [0.2, 0.25) is 0 Å². The van der Waals surface area contributed by atoms with E-state index in [1.54, 1.807) is 0 Å². The van der Waals surface area contributed by atoms with E-state index in [-0.39, 0.29) is 0 Å². The van der Waals surface area contributed by atoms with Crippen LogP contribution in [0, 0.1) is 13.8 Å². The van der Waals surface area contributed by atoms with E-state index in [9.17, 15) is 0 Å². The van der Waals surface area contributed by atoms with Crippen molar-refractivity contribution in [1.82, 2.24) is 10.3 Å². The largest absolute Gasteiger partial charge is 0.307 e. The molecule has 0 spiro atoms. The Morgan fingerprint density at radius 2 is 1.89 bits per heavy atom. The van der Waals surface area contributed by atoms with Crippen LogP contribution < -0.4 is 5.32 Å². The Kier molecular flexibility index (Phi) is 4.69. The van der Waals surface area contributed by atoms with Crippen molar-refractivity contribution in [3.05, 3.63) is 64.5 Å². The van der Waals surface area contributed by atoms with E-state index in [1.807, 2.05) is 12.3 Å². The molecule has 2 rings (SSSR count). The summed E-state index contributed by atoms with van der Waals surface area (Å²) in [6, 6.07) is 10.8. The van der Waals surface area contributed by atoms with Crippen molar-refractivity contribution in [3.8, 4) is 0 Å². The summed E-state index contributed by atoms with van der Waals surface area (Å²) in [5, 5.41) is 3.48. The van der Waals surface area contributed by atoms with Crippen molar-refractivity contribution in [3.63, 3.8) is 0 Å². The Labute approximate surface area is 115 Å². The number of benzene rings is 1. The predicted octanol–water partition coefficient (Wildman–Crippen LogP) is 3.55. The number of aromatic nitrogens is 1. The average Bonchev–Trinajstić information content (AvgIpc) is 2.43. The zero-order valence-electron chi connectivity index (χ0n) is 12.0. The van der Waals surface area contributed by atoms with Gasteiger partial charge in [-0.2, -0.15) is 0 Å². The van der Waals surface area contributed by atoms with Crippen LogP contribution in [-0.2, 0) is 19.5 Å². The third kappa shape index (κ3) is 3.65. The molecule has 0 bridgehead atoms. The minimum atomic E-state index is 0.830. The fourth-order valence-electron chi connectivity index (χ4n) is 2.19. The minimum absolute atomic E-state index is 0.830. The van der Waals surface area contributed by atoms with Gasteiger partial charge in [0.25, 0.3) is 0 Å². The molecule has 2 nitrogen and oxygen atoms in total. The molecule has 19 heavy (non-hydrogen) atoms. The van der Waals surface area contributed by atoms with Crippen molar-refractivity contribution < 1.29 is 0 Å². The second-order valence-corrected chi connectivity index (χ2v) is 4.98. The normalized spacial score (nSPS) is 10.7. The Balaban J connectivity index is 1.94. The number of rotatable bonds is 5. The van der Waals surface area contributed by atoms with E-state index in [0.717, 1.165) is 25.2 Å². The SMILES string of the molecule is CCc1cccnc1CNCc1ccc(C)c(C)c1. The first-order valence-corrected chi connectivity index (χ1v) is 6.90. The van der Waals surface area contributed by atoms with Crippen LogP contribution in [0.5, 0.6) is 0 Å². The zero-order valence-corrected chi connectivity index (χ0v) is 12.0. The van der Waals surface area contributed by atoms with Gasteiger partial charge < -0.3 is 5.32 Å². The fourth-order valence-corrected chi connectivity index (χ4v) is 2.19. The molecular formula is C17H22N2. The molecule has 0 unspecified atom stereocenters. The number of nitrogens with zero attached hydrogens (tertiary/aromatic N) is 1. The highest BCUT2D eigenvalue weighted by molar-refractivity contribution is 5.30. The molecule has 0 amide bonds. The van der Waals surface area contributed by atoms with Crippen molar-refractivity contribution in [2.75, 3.05) is 0 Å². The van der Waals surface area contributed by atoms with Crippen LogP contribution in [0.3, 0.4) is 0 Å². The van der Waals surface area contributed by atoms with E-state index in [1.165, 1.54) is 22.3 Å². The van der Waals surface area contributed by atoms with E-state index in [2.05, 4.69) is 55.3 Å². The van der Waals surface area contributed by atoms with E-state index >= 15 is 0 Å². The first-order chi connectivity index (χ1) is 9.20. The van der Waals surface area contributed by atoms with Gasteiger partial charge in [-0.1, -0.05) is 31.2 Å². The second kappa shape index (κ2) is 6.48. The Morgan fingerprint density at radius 3 is 2.63 bits per heavy atom. The van der Waals surface area contributed by atoms with Crippen molar-refractivity contribution in [2.24, 2.45) is 0 Å². The smallest absolute Gasteiger partial charge is 0.0573 e. The average molecular weight is 254 g/mol. The van der Waals surface area contributed by atoms with E-state index < -0.39 is 0 Å². The van der Waals surface area contributed by atoms with Crippen LogP contribution in [0.1, 0.15) is 34.9 Å². The highest BCUT2D eigenvalue weighted by atomic mass is 14.9. The number of nitrogens with one attached hydrogen (secondary N) is 1. The van der Waals surface area contributed by atoms with Crippen LogP contribution >= 0.6 is 0 Å². The zero-order chi connectivity index (χ0) is 13.7. The van der Waals surface area contributed by atoms with E-state index in [0.29, 0.717) is 0 Å². The lowest BCUT2D eigenvalue weighted by Crippen LogP contribution is -2.15. The Hall–Kier alpha value is -1.67. The number of aryl methyl sites for hydroxylation is 3. The van der Waals surface area contributed by atoms with Gasteiger partial charge in [-0.15, -0.1) is 0 Å². The molecule has 2 heteroatoms. The molecule has 0 radical (unpaired) electrons. The van der Waals surface area contributed by atoms with Crippen LogP contribution in [0.15, 0.2) is 36.5 Å². The van der Waals surface area contributed by atoms with Gasteiger partial charge in [-0.25, -0.2) is 0 Å². The summed E-state index contributed by atoms with van der Waals surface area (Å²) in [5.74, 6) is 0. The first-order valence-electron chi connectivity index (χ1n) is 6.90. The second-order valence-electron chi connectivity index (χ2n) is 4.98. The molecule has 0 saturated carbocycles. The molecule has 1 aromatic carbocycles. The molecule has 0 aliphatic rings. The number of pyridine rings is 1. The lowest BCUT2D eigenvalue weighted by atomic mass is 10.1. The van der Waals surface area contributed by atoms with Gasteiger partial charge >= 0.3 is 0 Å². The summed E-state index contributed by atoms with van der Waals surface area (Å²) >= 11 is 0. The molecule has 1 N–H and O–H groups in total. The molecule has 0 aliphatic heterocycles. The van der Waals surface area contributed by atoms with Crippen LogP contribution in [0.25, 0.3) is 0 Å². The summed E-state index contributed by atoms with van der Waals surface area (Å²) in [4.78, 5) is 4.45. The third-order valence-electron chi connectivity index (χ3n) is 3.56. The molecule has 1 aromatic heterocycles. The molecule has 100 valence electrons. The van der Waals surface area contributed by atoms with Crippen molar-refractivity contribution in [2.45, 2.75) is 40.3 Å². The van der Waals surface area contributed by atoms with Crippen LogP contribution in [0.4, 0.5) is 0 Å². The molecule has 0 fully saturated rings. The van der Waals surface area contributed by atoms with Crippen LogP contribution in [-0.4, -0.2) is 4.98 Å². The monoisotopic (exact) mass is 254 g/mol. The standard InChI is InChI=1S/C17H22N2/c1-4-16-6-5-9-19-17(16)12-18-11-15-8-7-13(2)14(3)10-15/h5-10,18H,4,11-12H2,1-3H3. The Morgan fingerprint density at radius 1 is 1.05 bits per heavy atom. The molecule has 0 atom stereocenters. The highest BCUT2D eigenvalue weighted by Crippen LogP contribution is 2.10. The lowest BCUT2D eigenvalue weighted by molar-refractivity contribution is 0.673. The van der Waals surface area contributed by atoms with Gasteiger partial charge in [0, 0.05) is 19.3 Å². The van der Waals surface area contributed by atoms with Gasteiger partial charge in [0.05, 0.1) is 5.69 Å². The molecule has 0 saturated heterocycles. The minimum Gasteiger partial charge on any atom is -0.307 e. The first kappa shape index (κ1) is 13.8. The lowest BCUT2D eigenvalue weighted by Gasteiger charge is -2.09. The summed E-state index contributed by atoms with van der Waals surface area (Å²) in [6.07, 6.45) is 2.90. The molecule has 2 aromatic rings. The van der Waals surface area contributed by atoms with Gasteiger partial charge in [0.15, 0.2) is 0 Å². The quantitative estimate of drug-likeness (QED) is 0.882. The Bertz CT molecular complexity index is 547. The highest BCUT2D eigenvalue weighted by Gasteiger charge is 2.01. The summed E-state index contributed by atoms with van der Waals surface area (Å²) in [6.45, 7) is 8.20. The van der Waals surface area contributed by atoms with E-state index in [4.69, 9.17) is 0 Å². The number of hydrogen-bond donors (Lipinski definition) is 1. The third-order valence-corrected chi connectivity index (χ3v) is 3.56. The maximum Gasteiger partial charge on any atom is 0.0573 e. The number of hydrogen-bond acceptors (Lipinski definition) is 2. The van der Waals surface area contributed by atoms with Gasteiger partial charge in [-0.05, 0) is 48.6 Å². The van der Waals surface area contributed by atoms with Gasteiger partial charge in [-0.3, -0.25) is 4.98 Å². The fraction of sp³-hybridized carbons (Fsp3) is 0.353. The van der Waals surface area contributed by atoms with Crippen molar-refractivity contribution >= 4 is 0 Å². The van der Waals surface area contributed by atoms with Crippen LogP contribution in [0.2, 0.25) is 0 Å². The summed E-state index contributed by atoms with van der Waals surface area (Å²) in [7, 11) is 0. The summed E-state index contributed by atoms with van der Waals surface area (Å²) < 4.78 is 0. The topological polar surface area (TPSA) is 24.9 Å². The maximum absolute atomic E-state index is 4.45. The summed E-state index contributed by atoms with van der Waals surface area (Å²) in [5.41, 5.74) is 6.52.